The normalized spacial score (nSPS) is 20.1. The fourth-order valence-electron chi connectivity index (χ4n) is 4.68. The molecular weight excluding hydrogens is 382 g/mol. The van der Waals surface area contributed by atoms with Crippen molar-refractivity contribution in [3.8, 4) is 11.1 Å². The molecule has 1 aliphatic heterocycles. The highest BCUT2D eigenvalue weighted by molar-refractivity contribution is 5.79. The van der Waals surface area contributed by atoms with Crippen molar-refractivity contribution in [3.05, 3.63) is 83.8 Å². The number of amides is 1. The van der Waals surface area contributed by atoms with Crippen molar-refractivity contribution in [2.45, 2.75) is 11.8 Å². The van der Waals surface area contributed by atoms with Gasteiger partial charge in [-0.1, -0.05) is 48.5 Å². The molecule has 1 saturated heterocycles. The van der Waals surface area contributed by atoms with Crippen LogP contribution < -0.4 is 0 Å². The first-order valence-electron chi connectivity index (χ1n) is 9.99. The third-order valence-electron chi connectivity index (χ3n) is 6.14. The number of furan rings is 1. The third kappa shape index (κ3) is 3.05. The van der Waals surface area contributed by atoms with Gasteiger partial charge in [0.2, 0.25) is 0 Å². The fraction of sp³-hybridized carbons (Fsp3) is 0.250. The second kappa shape index (κ2) is 7.37. The molecule has 2 atom stereocenters. The van der Waals surface area contributed by atoms with Crippen molar-refractivity contribution in [1.29, 1.82) is 0 Å². The number of hydrogen-bond acceptors (Lipinski definition) is 4. The van der Waals surface area contributed by atoms with Crippen LogP contribution in [0.4, 0.5) is 4.79 Å². The maximum absolute atomic E-state index is 12.8. The molecule has 3 aromatic rings. The number of hydrogen-bond donors (Lipinski definition) is 1. The molecule has 1 amide bonds. The maximum Gasteiger partial charge on any atom is 0.409 e. The van der Waals surface area contributed by atoms with E-state index in [1.807, 2.05) is 24.3 Å². The number of benzene rings is 2. The number of carboxylic acid groups (broad SMARTS) is 1. The molecule has 0 saturated carbocycles. The zero-order valence-corrected chi connectivity index (χ0v) is 16.2. The minimum Gasteiger partial charge on any atom is -0.481 e. The molecule has 5 rings (SSSR count). The van der Waals surface area contributed by atoms with Crippen LogP contribution in [0.1, 0.15) is 28.7 Å². The van der Waals surface area contributed by atoms with E-state index in [9.17, 15) is 14.7 Å². The second-order valence-corrected chi connectivity index (χ2v) is 7.78. The molecule has 1 N–H and O–H groups in total. The van der Waals surface area contributed by atoms with E-state index in [1.165, 1.54) is 22.3 Å². The van der Waals surface area contributed by atoms with Gasteiger partial charge in [0.15, 0.2) is 0 Å². The first-order chi connectivity index (χ1) is 14.6. The van der Waals surface area contributed by atoms with E-state index in [0.717, 1.165) is 11.1 Å². The average Bonchev–Trinajstić information content (AvgIpc) is 3.49. The van der Waals surface area contributed by atoms with Gasteiger partial charge < -0.3 is 19.2 Å². The summed E-state index contributed by atoms with van der Waals surface area (Å²) in [6, 6.07) is 19.8. The Morgan fingerprint density at radius 3 is 2.23 bits per heavy atom. The number of ether oxygens (including phenoxy) is 1. The summed E-state index contributed by atoms with van der Waals surface area (Å²) in [6.45, 7) is 0.588. The standard InChI is InChI=1S/C24H21NO5/c26-23(27)20-13-25(12-19(20)22-10-5-11-29-22)24(28)30-14-21-17-8-3-1-6-15(17)16-7-2-4-9-18(16)21/h1-11,19-21H,12-14H2,(H,26,27). The number of rotatable bonds is 4. The van der Waals surface area contributed by atoms with E-state index in [2.05, 4.69) is 24.3 Å². The molecule has 0 radical (unpaired) electrons. The van der Waals surface area contributed by atoms with Crippen molar-refractivity contribution in [2.75, 3.05) is 19.7 Å². The van der Waals surface area contributed by atoms with Crippen LogP contribution in [0.15, 0.2) is 71.3 Å². The Hall–Kier alpha value is -3.54. The highest BCUT2D eigenvalue weighted by Crippen LogP contribution is 2.44. The lowest BCUT2D eigenvalue weighted by Gasteiger charge is -2.19. The summed E-state index contributed by atoms with van der Waals surface area (Å²) < 4.78 is 11.1. The summed E-state index contributed by atoms with van der Waals surface area (Å²) in [5, 5.41) is 9.58. The van der Waals surface area contributed by atoms with Crippen molar-refractivity contribution in [2.24, 2.45) is 5.92 Å². The Morgan fingerprint density at radius 2 is 1.63 bits per heavy atom. The maximum atomic E-state index is 12.8. The highest BCUT2D eigenvalue weighted by Gasteiger charge is 2.42. The molecule has 2 heterocycles. The summed E-state index contributed by atoms with van der Waals surface area (Å²) in [4.78, 5) is 26.0. The first-order valence-corrected chi connectivity index (χ1v) is 9.99. The third-order valence-corrected chi connectivity index (χ3v) is 6.14. The number of aliphatic carboxylic acids is 1. The van der Waals surface area contributed by atoms with Crippen LogP contribution in [-0.2, 0) is 9.53 Å². The lowest BCUT2D eigenvalue weighted by Crippen LogP contribution is -2.31. The van der Waals surface area contributed by atoms with Crippen molar-refractivity contribution < 1.29 is 23.8 Å². The minimum atomic E-state index is -0.939. The predicted octanol–water partition coefficient (Wildman–Crippen LogP) is 4.33. The molecule has 0 bridgehead atoms. The molecule has 0 spiro atoms. The Labute approximate surface area is 173 Å². The van der Waals surface area contributed by atoms with Gasteiger partial charge >= 0.3 is 12.1 Å². The fourth-order valence-corrected chi connectivity index (χ4v) is 4.68. The number of fused-ring (bicyclic) bond motifs is 3. The van der Waals surface area contributed by atoms with E-state index in [4.69, 9.17) is 9.15 Å². The van der Waals surface area contributed by atoms with Crippen molar-refractivity contribution in [3.63, 3.8) is 0 Å². The van der Waals surface area contributed by atoms with Crippen LogP contribution in [0, 0.1) is 5.92 Å². The largest absolute Gasteiger partial charge is 0.481 e. The van der Waals surface area contributed by atoms with Crippen LogP contribution in [0.5, 0.6) is 0 Å². The van der Waals surface area contributed by atoms with Crippen LogP contribution in [0.3, 0.4) is 0 Å². The second-order valence-electron chi connectivity index (χ2n) is 7.78. The average molecular weight is 403 g/mol. The minimum absolute atomic E-state index is 0.0277. The van der Waals surface area contributed by atoms with E-state index >= 15 is 0 Å². The molecule has 2 unspecified atom stereocenters. The van der Waals surface area contributed by atoms with Gasteiger partial charge in [-0.3, -0.25) is 4.79 Å². The van der Waals surface area contributed by atoms with E-state index < -0.39 is 18.0 Å². The first kappa shape index (κ1) is 18.5. The van der Waals surface area contributed by atoms with Gasteiger partial charge in [0.1, 0.15) is 12.4 Å². The number of nitrogens with zero attached hydrogens (tertiary/aromatic N) is 1. The van der Waals surface area contributed by atoms with Gasteiger partial charge in [0.25, 0.3) is 0 Å². The molecule has 6 nitrogen and oxygen atoms in total. The van der Waals surface area contributed by atoms with Crippen LogP contribution >= 0.6 is 0 Å². The molecule has 6 heteroatoms. The van der Waals surface area contributed by atoms with E-state index in [0.29, 0.717) is 5.76 Å². The van der Waals surface area contributed by atoms with E-state index in [1.54, 1.807) is 12.1 Å². The van der Waals surface area contributed by atoms with E-state index in [-0.39, 0.29) is 31.5 Å². The Bertz CT molecular complexity index is 1040. The highest BCUT2D eigenvalue weighted by atomic mass is 16.6. The summed E-state index contributed by atoms with van der Waals surface area (Å²) in [6.07, 6.45) is 1.03. The zero-order chi connectivity index (χ0) is 20.7. The lowest BCUT2D eigenvalue weighted by atomic mass is 9.94. The molecule has 30 heavy (non-hydrogen) atoms. The zero-order valence-electron chi connectivity index (χ0n) is 16.2. The van der Waals surface area contributed by atoms with Crippen LogP contribution in [0.2, 0.25) is 0 Å². The summed E-state index contributed by atoms with van der Waals surface area (Å²) in [5.41, 5.74) is 4.62. The summed E-state index contributed by atoms with van der Waals surface area (Å²) in [7, 11) is 0. The summed E-state index contributed by atoms with van der Waals surface area (Å²) >= 11 is 0. The van der Waals surface area contributed by atoms with Crippen LogP contribution in [-0.4, -0.2) is 41.8 Å². The van der Waals surface area contributed by atoms with Gasteiger partial charge in [-0.2, -0.15) is 0 Å². The molecule has 1 aliphatic carbocycles. The predicted molar refractivity (Wildman–Crippen MR) is 109 cm³/mol. The monoisotopic (exact) mass is 403 g/mol. The topological polar surface area (TPSA) is 80.0 Å². The lowest BCUT2D eigenvalue weighted by molar-refractivity contribution is -0.141. The molecule has 2 aliphatic rings. The van der Waals surface area contributed by atoms with Gasteiger partial charge in [0, 0.05) is 24.9 Å². The molecule has 1 aromatic heterocycles. The quantitative estimate of drug-likeness (QED) is 0.701. The van der Waals surface area contributed by atoms with Gasteiger partial charge in [-0.15, -0.1) is 0 Å². The van der Waals surface area contributed by atoms with Crippen LogP contribution in [0.25, 0.3) is 11.1 Å². The van der Waals surface area contributed by atoms with Gasteiger partial charge in [-0.25, -0.2) is 4.79 Å². The Morgan fingerprint density at radius 1 is 0.967 bits per heavy atom. The number of carboxylic acids is 1. The van der Waals surface area contributed by atoms with Crippen molar-refractivity contribution in [1.82, 2.24) is 4.90 Å². The summed E-state index contributed by atoms with van der Waals surface area (Å²) in [5.74, 6) is -1.48. The van der Waals surface area contributed by atoms with Gasteiger partial charge in [-0.05, 0) is 34.4 Å². The van der Waals surface area contributed by atoms with Crippen molar-refractivity contribution >= 4 is 12.1 Å². The molecule has 2 aromatic carbocycles. The Kier molecular flexibility index (Phi) is 4.54. The molecule has 1 fully saturated rings. The number of carbonyl (C=O) groups excluding carboxylic acids is 1. The number of likely N-dealkylation sites (tertiary alicyclic amines) is 1. The molecular formula is C24H21NO5. The SMILES string of the molecule is O=C(O)C1CN(C(=O)OCC2c3ccccc3-c3ccccc32)CC1c1ccco1. The number of carbonyl (C=O) groups is 2. The smallest absolute Gasteiger partial charge is 0.409 e. The van der Waals surface area contributed by atoms with Gasteiger partial charge in [0.05, 0.1) is 12.2 Å². The molecule has 152 valence electrons. The Balaban J connectivity index is 1.32.